The van der Waals surface area contributed by atoms with Gasteiger partial charge in [-0.05, 0) is 18.2 Å². The van der Waals surface area contributed by atoms with Crippen LogP contribution in [0.1, 0.15) is 18.4 Å². The zero-order valence-electron chi connectivity index (χ0n) is 10.2. The Labute approximate surface area is 104 Å². The number of aliphatic hydroxyl groups is 1. The van der Waals surface area contributed by atoms with Crippen molar-refractivity contribution in [1.29, 1.82) is 0 Å². The molecule has 0 bridgehead atoms. The molecule has 1 unspecified atom stereocenters. The SMILES string of the molecule is COc1ccc2c(c1)[C@H](C[N+](=O)[O-])[C@H](C)C(O)O2. The number of benzene rings is 1. The van der Waals surface area contributed by atoms with E-state index in [1.54, 1.807) is 25.1 Å². The Bertz CT molecular complexity index is 462. The number of hydrogen-bond donors (Lipinski definition) is 1. The van der Waals surface area contributed by atoms with Crippen molar-refractivity contribution in [3.05, 3.63) is 33.9 Å². The van der Waals surface area contributed by atoms with Gasteiger partial charge < -0.3 is 14.6 Å². The summed E-state index contributed by atoms with van der Waals surface area (Å²) >= 11 is 0. The zero-order chi connectivity index (χ0) is 13.3. The Morgan fingerprint density at radius 2 is 2.28 bits per heavy atom. The third-order valence-corrected chi connectivity index (χ3v) is 3.29. The van der Waals surface area contributed by atoms with Gasteiger partial charge in [0.05, 0.1) is 13.0 Å². The summed E-state index contributed by atoms with van der Waals surface area (Å²) in [6, 6.07) is 5.09. The second-order valence-electron chi connectivity index (χ2n) is 4.39. The molecule has 0 saturated carbocycles. The normalized spacial score (nSPS) is 26.1. The number of rotatable bonds is 3. The molecule has 0 amide bonds. The maximum absolute atomic E-state index is 10.7. The molecule has 0 aromatic heterocycles. The molecular formula is C12H15NO5. The minimum atomic E-state index is -1.02. The van der Waals surface area contributed by atoms with Crippen LogP contribution >= 0.6 is 0 Å². The lowest BCUT2D eigenvalue weighted by molar-refractivity contribution is -0.486. The van der Waals surface area contributed by atoms with Gasteiger partial charge in [-0.15, -0.1) is 0 Å². The molecular weight excluding hydrogens is 238 g/mol. The second kappa shape index (κ2) is 4.81. The van der Waals surface area contributed by atoms with Crippen molar-refractivity contribution in [2.75, 3.05) is 13.7 Å². The number of fused-ring (bicyclic) bond motifs is 1. The molecule has 2 rings (SSSR count). The molecule has 6 heteroatoms. The van der Waals surface area contributed by atoms with Crippen LogP contribution in [0.25, 0.3) is 0 Å². The molecule has 1 aromatic rings. The van der Waals surface area contributed by atoms with Gasteiger partial charge >= 0.3 is 0 Å². The molecule has 6 nitrogen and oxygen atoms in total. The third kappa shape index (κ3) is 2.24. The van der Waals surface area contributed by atoms with E-state index in [9.17, 15) is 15.2 Å². The van der Waals surface area contributed by atoms with Crippen LogP contribution in [-0.2, 0) is 0 Å². The van der Waals surface area contributed by atoms with E-state index < -0.39 is 6.29 Å². The fourth-order valence-electron chi connectivity index (χ4n) is 2.20. The highest BCUT2D eigenvalue weighted by Gasteiger charge is 2.37. The average molecular weight is 253 g/mol. The molecule has 0 fully saturated rings. The van der Waals surface area contributed by atoms with Crippen molar-refractivity contribution >= 4 is 0 Å². The smallest absolute Gasteiger partial charge is 0.211 e. The van der Waals surface area contributed by atoms with Crippen LogP contribution in [0.5, 0.6) is 11.5 Å². The number of aliphatic hydroxyl groups excluding tert-OH is 1. The van der Waals surface area contributed by atoms with Gasteiger partial charge in [0.1, 0.15) is 11.5 Å². The maximum atomic E-state index is 10.7. The topological polar surface area (TPSA) is 81.8 Å². The lowest BCUT2D eigenvalue weighted by Gasteiger charge is -2.33. The molecule has 0 spiro atoms. The summed E-state index contributed by atoms with van der Waals surface area (Å²) < 4.78 is 10.4. The number of nitro groups is 1. The van der Waals surface area contributed by atoms with Crippen molar-refractivity contribution in [2.24, 2.45) is 5.92 Å². The largest absolute Gasteiger partial charge is 0.497 e. The van der Waals surface area contributed by atoms with E-state index in [-0.39, 0.29) is 23.3 Å². The number of hydrogen-bond acceptors (Lipinski definition) is 5. The van der Waals surface area contributed by atoms with Crippen LogP contribution < -0.4 is 9.47 Å². The summed E-state index contributed by atoms with van der Waals surface area (Å²) in [7, 11) is 1.53. The third-order valence-electron chi connectivity index (χ3n) is 3.29. The van der Waals surface area contributed by atoms with Gasteiger partial charge in [0.15, 0.2) is 0 Å². The van der Waals surface area contributed by atoms with Gasteiger partial charge in [0.25, 0.3) is 0 Å². The molecule has 0 aliphatic carbocycles. The first-order chi connectivity index (χ1) is 8.52. The van der Waals surface area contributed by atoms with E-state index in [4.69, 9.17) is 9.47 Å². The van der Waals surface area contributed by atoms with Gasteiger partial charge in [0.2, 0.25) is 12.8 Å². The molecule has 1 heterocycles. The summed E-state index contributed by atoms with van der Waals surface area (Å²) in [6.45, 7) is 1.50. The molecule has 0 radical (unpaired) electrons. The van der Waals surface area contributed by atoms with Gasteiger partial charge in [-0.25, -0.2) is 0 Å². The van der Waals surface area contributed by atoms with Crippen LogP contribution in [0.4, 0.5) is 0 Å². The van der Waals surface area contributed by atoms with Crippen LogP contribution in [0, 0.1) is 16.0 Å². The second-order valence-corrected chi connectivity index (χ2v) is 4.39. The summed E-state index contributed by atoms with van der Waals surface area (Å²) in [5.74, 6) is 0.381. The molecule has 1 aliphatic rings. The van der Waals surface area contributed by atoms with Gasteiger partial charge in [-0.1, -0.05) is 6.92 Å². The van der Waals surface area contributed by atoms with Gasteiger partial charge in [-0.2, -0.15) is 0 Å². The predicted molar refractivity (Wildman–Crippen MR) is 63.4 cm³/mol. The quantitative estimate of drug-likeness (QED) is 0.650. The van der Waals surface area contributed by atoms with Crippen molar-refractivity contribution in [3.8, 4) is 11.5 Å². The number of nitrogens with zero attached hydrogens (tertiary/aromatic N) is 1. The summed E-state index contributed by atoms with van der Waals surface area (Å²) in [5, 5.41) is 20.5. The minimum absolute atomic E-state index is 0.234. The highest BCUT2D eigenvalue weighted by Crippen LogP contribution is 2.41. The van der Waals surface area contributed by atoms with Crippen LogP contribution in [0.3, 0.4) is 0 Å². The average Bonchev–Trinajstić information content (AvgIpc) is 2.34. The molecule has 3 atom stereocenters. The monoisotopic (exact) mass is 253 g/mol. The van der Waals surface area contributed by atoms with Crippen molar-refractivity contribution in [3.63, 3.8) is 0 Å². The molecule has 0 saturated heterocycles. The van der Waals surface area contributed by atoms with Gasteiger partial charge in [0, 0.05) is 16.4 Å². The van der Waals surface area contributed by atoms with Crippen LogP contribution in [-0.4, -0.2) is 30.0 Å². The van der Waals surface area contributed by atoms with E-state index in [1.807, 2.05) is 0 Å². The number of methoxy groups -OCH3 is 1. The van der Waals surface area contributed by atoms with E-state index in [1.165, 1.54) is 7.11 Å². The molecule has 1 aromatic carbocycles. The number of ether oxygens (including phenoxy) is 2. The van der Waals surface area contributed by atoms with Crippen molar-refractivity contribution in [1.82, 2.24) is 0 Å². The molecule has 1 N–H and O–H groups in total. The van der Waals surface area contributed by atoms with Crippen LogP contribution in [0.2, 0.25) is 0 Å². The Morgan fingerprint density at radius 3 is 2.89 bits per heavy atom. The summed E-state index contributed by atoms with van der Waals surface area (Å²) in [5.41, 5.74) is 0.712. The van der Waals surface area contributed by atoms with E-state index in [0.29, 0.717) is 17.1 Å². The zero-order valence-corrected chi connectivity index (χ0v) is 10.2. The van der Waals surface area contributed by atoms with Crippen LogP contribution in [0.15, 0.2) is 18.2 Å². The van der Waals surface area contributed by atoms with E-state index >= 15 is 0 Å². The first-order valence-corrected chi connectivity index (χ1v) is 5.67. The Balaban J connectivity index is 2.42. The molecule has 98 valence electrons. The fourth-order valence-corrected chi connectivity index (χ4v) is 2.20. The fraction of sp³-hybridized carbons (Fsp3) is 0.500. The van der Waals surface area contributed by atoms with E-state index in [2.05, 4.69) is 0 Å². The standard InChI is InChI=1S/C12H15NO5/c1-7-10(6-13(15)16)9-5-8(17-2)3-4-11(9)18-12(7)14/h3-5,7,10,12,14H,6H2,1-2H3/t7-,10+,12?/m0/s1. The molecule has 1 aliphatic heterocycles. The Hall–Kier alpha value is -1.82. The Morgan fingerprint density at radius 1 is 1.56 bits per heavy atom. The first kappa shape index (κ1) is 12.6. The lowest BCUT2D eigenvalue weighted by Crippen LogP contribution is -2.36. The lowest BCUT2D eigenvalue weighted by atomic mass is 9.84. The summed E-state index contributed by atoms with van der Waals surface area (Å²) in [4.78, 5) is 10.4. The summed E-state index contributed by atoms with van der Waals surface area (Å²) in [6.07, 6.45) is -1.02. The highest BCUT2D eigenvalue weighted by molar-refractivity contribution is 5.44. The van der Waals surface area contributed by atoms with E-state index in [0.717, 1.165) is 0 Å². The highest BCUT2D eigenvalue weighted by atomic mass is 16.6. The Kier molecular flexibility index (Phi) is 3.38. The maximum Gasteiger partial charge on any atom is 0.211 e. The predicted octanol–water partition coefficient (Wildman–Crippen LogP) is 1.40. The van der Waals surface area contributed by atoms with Crippen molar-refractivity contribution in [2.45, 2.75) is 19.1 Å². The van der Waals surface area contributed by atoms with Crippen molar-refractivity contribution < 1.29 is 19.5 Å². The first-order valence-electron chi connectivity index (χ1n) is 5.67. The minimum Gasteiger partial charge on any atom is -0.497 e. The molecule has 18 heavy (non-hydrogen) atoms. The van der Waals surface area contributed by atoms with Gasteiger partial charge in [-0.3, -0.25) is 10.1 Å².